The van der Waals surface area contributed by atoms with E-state index in [9.17, 15) is 19.1 Å². The van der Waals surface area contributed by atoms with Crippen LogP contribution in [0.4, 0.5) is 4.39 Å². The highest BCUT2D eigenvalue weighted by molar-refractivity contribution is 6.30. The first kappa shape index (κ1) is 21.7. The van der Waals surface area contributed by atoms with Crippen LogP contribution in [0.3, 0.4) is 0 Å². The quantitative estimate of drug-likeness (QED) is 0.583. The summed E-state index contributed by atoms with van der Waals surface area (Å²) < 4.78 is 15.4. The van der Waals surface area contributed by atoms with E-state index in [1.807, 2.05) is 0 Å². The van der Waals surface area contributed by atoms with Crippen molar-refractivity contribution in [1.29, 1.82) is 0 Å². The van der Waals surface area contributed by atoms with Crippen LogP contribution >= 0.6 is 11.6 Å². The number of carbonyl (C=O) groups excluding carboxylic acids is 2. The molecule has 1 unspecified atom stereocenters. The highest BCUT2D eigenvalue weighted by Gasteiger charge is 2.36. The Labute approximate surface area is 187 Å². The van der Waals surface area contributed by atoms with Crippen LogP contribution in [0.5, 0.6) is 0 Å². The average molecular weight is 457 g/mol. The van der Waals surface area contributed by atoms with Gasteiger partial charge in [0.15, 0.2) is 11.9 Å². The van der Waals surface area contributed by atoms with Crippen LogP contribution in [0.2, 0.25) is 5.02 Å². The molecule has 4 rings (SSSR count). The van der Waals surface area contributed by atoms with Crippen molar-refractivity contribution in [3.63, 3.8) is 0 Å². The first-order chi connectivity index (χ1) is 15.5. The predicted molar refractivity (Wildman–Crippen MR) is 113 cm³/mol. The van der Waals surface area contributed by atoms with Crippen LogP contribution in [-0.2, 0) is 16.0 Å². The van der Waals surface area contributed by atoms with Crippen LogP contribution in [0, 0.1) is 5.82 Å². The second-order valence-corrected chi connectivity index (χ2v) is 7.59. The van der Waals surface area contributed by atoms with Crippen molar-refractivity contribution < 1.29 is 19.1 Å². The van der Waals surface area contributed by atoms with E-state index in [4.69, 9.17) is 11.6 Å². The molecule has 9 nitrogen and oxygen atoms in total. The van der Waals surface area contributed by atoms with Crippen LogP contribution in [-0.4, -0.2) is 54.3 Å². The molecule has 1 aliphatic heterocycles. The number of carbonyl (C=O) groups is 2. The van der Waals surface area contributed by atoms with Gasteiger partial charge in [-0.15, -0.1) is 5.10 Å². The number of aliphatic hydroxyl groups excluding tert-OH is 1. The molecule has 1 aliphatic rings. The SMILES string of the molecule is O=C(CCc1cc(Cl)ccc1-n1cnnn1)[C@@H]1CC=NN1C(=O)C(O)c1ccccc1F. The highest BCUT2D eigenvalue weighted by atomic mass is 35.5. The number of rotatable bonds is 7. The van der Waals surface area contributed by atoms with Gasteiger partial charge in [-0.3, -0.25) is 9.59 Å². The lowest BCUT2D eigenvalue weighted by molar-refractivity contribution is -0.146. The first-order valence-corrected chi connectivity index (χ1v) is 10.2. The van der Waals surface area contributed by atoms with E-state index in [-0.39, 0.29) is 24.2 Å². The van der Waals surface area contributed by atoms with Gasteiger partial charge in [0.1, 0.15) is 18.2 Å². The molecule has 2 aromatic carbocycles. The summed E-state index contributed by atoms with van der Waals surface area (Å²) in [5.74, 6) is -1.82. The summed E-state index contributed by atoms with van der Waals surface area (Å²) in [7, 11) is 0. The van der Waals surface area contributed by atoms with E-state index in [1.165, 1.54) is 35.4 Å². The first-order valence-electron chi connectivity index (χ1n) is 9.78. The van der Waals surface area contributed by atoms with E-state index in [2.05, 4.69) is 20.6 Å². The molecule has 0 spiro atoms. The van der Waals surface area contributed by atoms with Gasteiger partial charge in [0.05, 0.1) is 5.69 Å². The van der Waals surface area contributed by atoms with E-state index >= 15 is 0 Å². The second-order valence-electron chi connectivity index (χ2n) is 7.15. The normalized spacial score (nSPS) is 16.3. The number of nitrogens with zero attached hydrogens (tertiary/aromatic N) is 6. The van der Waals surface area contributed by atoms with Gasteiger partial charge in [-0.2, -0.15) is 5.10 Å². The number of hydrogen-bond acceptors (Lipinski definition) is 7. The van der Waals surface area contributed by atoms with Crippen molar-refractivity contribution in [1.82, 2.24) is 25.2 Å². The van der Waals surface area contributed by atoms with Gasteiger partial charge in [0, 0.05) is 29.6 Å². The molecule has 0 aliphatic carbocycles. The van der Waals surface area contributed by atoms with Crippen molar-refractivity contribution in [2.24, 2.45) is 5.10 Å². The molecule has 2 atom stereocenters. The van der Waals surface area contributed by atoms with Gasteiger partial charge in [-0.25, -0.2) is 14.1 Å². The fraction of sp³-hybridized carbons (Fsp3) is 0.238. The lowest BCUT2D eigenvalue weighted by atomic mass is 10.00. The highest BCUT2D eigenvalue weighted by Crippen LogP contribution is 2.25. The molecule has 1 amide bonds. The summed E-state index contributed by atoms with van der Waals surface area (Å²) in [6.07, 6.45) is 1.72. The van der Waals surface area contributed by atoms with Crippen molar-refractivity contribution in [3.05, 3.63) is 70.8 Å². The van der Waals surface area contributed by atoms with Gasteiger partial charge in [0.2, 0.25) is 0 Å². The standard InChI is InChI=1S/C21H18ClFN6O3/c22-14-6-7-17(28-12-24-26-27-28)13(11-14)5-8-19(30)18-9-10-25-29(18)21(32)20(31)15-3-1-2-4-16(15)23/h1-4,6-7,10-12,18,20,31H,5,8-9H2/t18-,20?/m0/s1. The number of amides is 1. The molecule has 0 saturated carbocycles. The molecule has 32 heavy (non-hydrogen) atoms. The Morgan fingerprint density at radius 2 is 2.06 bits per heavy atom. The fourth-order valence-electron chi connectivity index (χ4n) is 3.52. The third-order valence-corrected chi connectivity index (χ3v) is 5.37. The van der Waals surface area contributed by atoms with Crippen molar-refractivity contribution in [3.8, 4) is 5.69 Å². The minimum Gasteiger partial charge on any atom is -0.378 e. The summed E-state index contributed by atoms with van der Waals surface area (Å²) >= 11 is 6.11. The number of hydrogen-bond donors (Lipinski definition) is 1. The summed E-state index contributed by atoms with van der Waals surface area (Å²) in [4.78, 5) is 25.7. The van der Waals surface area contributed by atoms with Crippen LogP contribution in [0.25, 0.3) is 5.69 Å². The predicted octanol–water partition coefficient (Wildman–Crippen LogP) is 2.28. The zero-order chi connectivity index (χ0) is 22.7. The molecule has 0 saturated heterocycles. The molecule has 0 radical (unpaired) electrons. The maximum atomic E-state index is 14.0. The third kappa shape index (κ3) is 4.41. The molecule has 0 fully saturated rings. The Bertz CT molecular complexity index is 1170. The monoisotopic (exact) mass is 456 g/mol. The third-order valence-electron chi connectivity index (χ3n) is 5.14. The largest absolute Gasteiger partial charge is 0.378 e. The second kappa shape index (κ2) is 9.33. The summed E-state index contributed by atoms with van der Waals surface area (Å²) in [6.45, 7) is 0. The number of aromatic nitrogens is 4. The average Bonchev–Trinajstić information content (AvgIpc) is 3.49. The summed E-state index contributed by atoms with van der Waals surface area (Å²) in [5, 5.41) is 26.8. The van der Waals surface area contributed by atoms with E-state index < -0.39 is 23.9 Å². The fourth-order valence-corrected chi connectivity index (χ4v) is 3.72. The van der Waals surface area contributed by atoms with Crippen molar-refractivity contribution in [2.45, 2.75) is 31.4 Å². The molecule has 3 aromatic rings. The lowest BCUT2D eigenvalue weighted by Gasteiger charge is -2.23. The Kier molecular flexibility index (Phi) is 6.33. The van der Waals surface area contributed by atoms with E-state index in [1.54, 1.807) is 18.2 Å². The number of hydrazone groups is 1. The molecule has 164 valence electrons. The Balaban J connectivity index is 1.47. The van der Waals surface area contributed by atoms with Crippen molar-refractivity contribution in [2.75, 3.05) is 0 Å². The maximum absolute atomic E-state index is 14.0. The lowest BCUT2D eigenvalue weighted by Crippen LogP contribution is -2.41. The number of halogens is 2. The Hall–Kier alpha value is -3.50. The summed E-state index contributed by atoms with van der Waals surface area (Å²) in [6, 6.07) is 9.72. The number of ketones is 1. The van der Waals surface area contributed by atoms with Gasteiger partial charge in [-0.1, -0.05) is 29.8 Å². The number of benzene rings is 2. The Morgan fingerprint density at radius 1 is 1.25 bits per heavy atom. The van der Waals surface area contributed by atoms with E-state index in [0.717, 1.165) is 16.6 Å². The zero-order valence-corrected chi connectivity index (χ0v) is 17.4. The molecular formula is C21H18ClFN6O3. The van der Waals surface area contributed by atoms with Crippen molar-refractivity contribution >= 4 is 29.5 Å². The number of aryl methyl sites for hydroxylation is 1. The van der Waals surface area contributed by atoms with E-state index in [0.29, 0.717) is 17.1 Å². The number of Topliss-reactive ketones (excluding diaryl/α,β-unsaturated/α-hetero) is 1. The maximum Gasteiger partial charge on any atom is 0.276 e. The Morgan fingerprint density at radius 3 is 2.81 bits per heavy atom. The summed E-state index contributed by atoms with van der Waals surface area (Å²) in [5.41, 5.74) is 1.26. The topological polar surface area (TPSA) is 114 Å². The van der Waals surface area contributed by atoms with Gasteiger partial charge in [0.25, 0.3) is 5.91 Å². The molecule has 11 heteroatoms. The number of aliphatic hydroxyl groups is 1. The molecule has 1 N–H and O–H groups in total. The van der Waals surface area contributed by atoms with Crippen LogP contribution < -0.4 is 0 Å². The number of tetrazole rings is 1. The van der Waals surface area contributed by atoms with Gasteiger partial charge in [-0.05, 0) is 46.7 Å². The van der Waals surface area contributed by atoms with Crippen LogP contribution in [0.15, 0.2) is 53.9 Å². The molecular weight excluding hydrogens is 439 g/mol. The van der Waals surface area contributed by atoms with Crippen LogP contribution in [0.1, 0.15) is 30.1 Å². The zero-order valence-electron chi connectivity index (χ0n) is 16.7. The molecule has 2 heterocycles. The smallest absolute Gasteiger partial charge is 0.276 e. The minimum absolute atomic E-state index is 0.0864. The van der Waals surface area contributed by atoms with Gasteiger partial charge >= 0.3 is 0 Å². The van der Waals surface area contributed by atoms with Gasteiger partial charge < -0.3 is 5.11 Å². The molecule has 0 bridgehead atoms. The minimum atomic E-state index is -1.76. The molecule has 1 aromatic heterocycles.